The number of phenolic OH excluding ortho intramolecular Hbond substituents is 1. The number of rotatable bonds is 1. The number of imidazole rings is 1. The number of hydrogen-bond donors (Lipinski definition) is 2. The molecule has 0 aliphatic carbocycles. The molecule has 0 aliphatic heterocycles. The number of aromatic hydroxyl groups is 1. The van der Waals surface area contributed by atoms with E-state index < -0.39 is 0 Å². The maximum atomic E-state index is 9.20. The highest BCUT2D eigenvalue weighted by molar-refractivity contribution is 5.74. The molecule has 0 saturated carbocycles. The molecule has 0 bridgehead atoms. The summed E-state index contributed by atoms with van der Waals surface area (Å²) in [4.78, 5) is 11.5. The van der Waals surface area contributed by atoms with Gasteiger partial charge in [0.1, 0.15) is 5.75 Å². The molecule has 4 heteroatoms. The lowest BCUT2D eigenvalue weighted by atomic mass is 10.1. The smallest absolute Gasteiger partial charge is 0.177 e. The van der Waals surface area contributed by atoms with Crippen LogP contribution in [0.3, 0.4) is 0 Å². The molecule has 3 aromatic rings. The second-order valence-corrected chi connectivity index (χ2v) is 3.52. The number of nitrogens with zero attached hydrogens (tertiary/aromatic N) is 2. The first kappa shape index (κ1) is 8.91. The molecule has 0 atom stereocenters. The fourth-order valence-electron chi connectivity index (χ4n) is 1.62. The summed E-state index contributed by atoms with van der Waals surface area (Å²) in [7, 11) is 0. The van der Waals surface area contributed by atoms with Gasteiger partial charge in [0, 0.05) is 5.56 Å². The van der Waals surface area contributed by atoms with Crippen LogP contribution in [0.1, 0.15) is 0 Å². The summed E-state index contributed by atoms with van der Waals surface area (Å²) in [5.74, 6) is 0.254. The van der Waals surface area contributed by atoms with Crippen LogP contribution in [0.15, 0.2) is 42.7 Å². The zero-order chi connectivity index (χ0) is 11.0. The number of phenols is 1. The number of H-pyrrole nitrogens is 1. The van der Waals surface area contributed by atoms with Gasteiger partial charge in [0.05, 0.1) is 17.5 Å². The Hall–Kier alpha value is -2.36. The summed E-state index contributed by atoms with van der Waals surface area (Å²) in [5.41, 5.74) is 3.43. The molecular weight excluding hydrogens is 202 g/mol. The third kappa shape index (κ3) is 1.40. The summed E-state index contributed by atoms with van der Waals surface area (Å²) in [5, 5.41) is 9.20. The van der Waals surface area contributed by atoms with Gasteiger partial charge in [-0.15, -0.1) is 0 Å². The van der Waals surface area contributed by atoms with Crippen molar-refractivity contribution in [2.24, 2.45) is 0 Å². The van der Waals surface area contributed by atoms with Crippen LogP contribution < -0.4 is 0 Å². The highest BCUT2D eigenvalue weighted by Crippen LogP contribution is 2.21. The first-order valence-corrected chi connectivity index (χ1v) is 4.92. The minimum absolute atomic E-state index is 0.254. The van der Waals surface area contributed by atoms with Crippen molar-refractivity contribution < 1.29 is 5.11 Å². The molecule has 0 unspecified atom stereocenters. The van der Waals surface area contributed by atoms with Gasteiger partial charge in [-0.2, -0.15) is 0 Å². The van der Waals surface area contributed by atoms with Gasteiger partial charge in [-0.05, 0) is 36.4 Å². The van der Waals surface area contributed by atoms with E-state index in [0.717, 1.165) is 16.8 Å². The van der Waals surface area contributed by atoms with Crippen molar-refractivity contribution in [2.75, 3.05) is 0 Å². The molecular formula is C12H9N3O. The van der Waals surface area contributed by atoms with Crippen LogP contribution in [0.4, 0.5) is 0 Å². The van der Waals surface area contributed by atoms with Crippen molar-refractivity contribution in [3.05, 3.63) is 42.7 Å². The number of fused-ring (bicyclic) bond motifs is 1. The van der Waals surface area contributed by atoms with Gasteiger partial charge < -0.3 is 10.1 Å². The van der Waals surface area contributed by atoms with Crippen molar-refractivity contribution in [1.29, 1.82) is 0 Å². The fraction of sp³-hybridized carbons (Fsp3) is 0. The van der Waals surface area contributed by atoms with Crippen molar-refractivity contribution in [2.45, 2.75) is 0 Å². The zero-order valence-corrected chi connectivity index (χ0v) is 8.38. The second kappa shape index (κ2) is 3.34. The van der Waals surface area contributed by atoms with Crippen LogP contribution >= 0.6 is 0 Å². The third-order valence-corrected chi connectivity index (χ3v) is 2.45. The van der Waals surface area contributed by atoms with Crippen molar-refractivity contribution in [3.63, 3.8) is 0 Å². The third-order valence-electron chi connectivity index (χ3n) is 2.45. The average Bonchev–Trinajstić information content (AvgIpc) is 2.77. The number of pyridine rings is 1. The lowest BCUT2D eigenvalue weighted by Gasteiger charge is -2.00. The zero-order valence-electron chi connectivity index (χ0n) is 8.38. The van der Waals surface area contributed by atoms with Crippen molar-refractivity contribution in [1.82, 2.24) is 15.0 Å². The number of benzene rings is 1. The van der Waals surface area contributed by atoms with E-state index in [1.165, 1.54) is 0 Å². The molecule has 2 N–H and O–H groups in total. The molecule has 0 fully saturated rings. The Morgan fingerprint density at radius 3 is 2.62 bits per heavy atom. The highest BCUT2D eigenvalue weighted by Gasteiger charge is 2.02. The van der Waals surface area contributed by atoms with Crippen LogP contribution in [-0.4, -0.2) is 20.1 Å². The van der Waals surface area contributed by atoms with E-state index in [9.17, 15) is 5.11 Å². The van der Waals surface area contributed by atoms with Crippen LogP contribution in [0, 0.1) is 0 Å². The first-order chi connectivity index (χ1) is 7.83. The highest BCUT2D eigenvalue weighted by atomic mass is 16.3. The predicted molar refractivity (Wildman–Crippen MR) is 61.0 cm³/mol. The Morgan fingerprint density at radius 2 is 1.81 bits per heavy atom. The van der Waals surface area contributed by atoms with Gasteiger partial charge in [0.15, 0.2) is 5.65 Å². The summed E-state index contributed by atoms with van der Waals surface area (Å²) in [6.07, 6.45) is 1.62. The van der Waals surface area contributed by atoms with Gasteiger partial charge in [0.25, 0.3) is 0 Å². The maximum Gasteiger partial charge on any atom is 0.177 e. The van der Waals surface area contributed by atoms with Crippen LogP contribution in [-0.2, 0) is 0 Å². The Kier molecular flexibility index (Phi) is 1.86. The summed E-state index contributed by atoms with van der Waals surface area (Å²) in [6, 6.07) is 10.8. The topological polar surface area (TPSA) is 61.8 Å². The van der Waals surface area contributed by atoms with E-state index in [4.69, 9.17) is 0 Å². The Bertz CT molecular complexity index is 628. The van der Waals surface area contributed by atoms with E-state index >= 15 is 0 Å². The lowest BCUT2D eigenvalue weighted by Crippen LogP contribution is -1.84. The van der Waals surface area contributed by atoms with E-state index in [-0.39, 0.29) is 5.75 Å². The molecule has 2 aromatic heterocycles. The Labute approximate surface area is 91.6 Å². The van der Waals surface area contributed by atoms with Crippen LogP contribution in [0.2, 0.25) is 0 Å². The standard InChI is InChI=1S/C12H9N3O/c16-9-3-1-8(2-4-9)10-5-6-11-12(15-10)14-7-13-11/h1-7,16H,(H,13,14,15). The summed E-state index contributed by atoms with van der Waals surface area (Å²) < 4.78 is 0. The van der Waals surface area contributed by atoms with E-state index in [2.05, 4.69) is 15.0 Å². The fourth-order valence-corrected chi connectivity index (χ4v) is 1.62. The average molecular weight is 211 g/mol. The maximum absolute atomic E-state index is 9.20. The number of nitrogens with one attached hydrogen (secondary N) is 1. The second-order valence-electron chi connectivity index (χ2n) is 3.52. The summed E-state index contributed by atoms with van der Waals surface area (Å²) >= 11 is 0. The van der Waals surface area contributed by atoms with Crippen LogP contribution in [0.5, 0.6) is 5.75 Å². The van der Waals surface area contributed by atoms with Crippen molar-refractivity contribution in [3.8, 4) is 17.0 Å². The summed E-state index contributed by atoms with van der Waals surface area (Å²) in [6.45, 7) is 0. The predicted octanol–water partition coefficient (Wildman–Crippen LogP) is 2.33. The van der Waals surface area contributed by atoms with E-state index in [1.807, 2.05) is 24.3 Å². The van der Waals surface area contributed by atoms with Gasteiger partial charge >= 0.3 is 0 Å². The molecule has 0 amide bonds. The first-order valence-electron chi connectivity index (χ1n) is 4.92. The molecule has 1 aromatic carbocycles. The number of hydrogen-bond acceptors (Lipinski definition) is 3. The monoisotopic (exact) mass is 211 g/mol. The molecule has 78 valence electrons. The Balaban J connectivity index is 2.14. The molecule has 0 aliphatic rings. The van der Waals surface area contributed by atoms with Gasteiger partial charge in [-0.3, -0.25) is 0 Å². The number of aromatic amines is 1. The molecule has 4 nitrogen and oxygen atoms in total. The normalized spacial score (nSPS) is 10.8. The molecule has 0 spiro atoms. The van der Waals surface area contributed by atoms with Gasteiger partial charge in [-0.25, -0.2) is 9.97 Å². The molecule has 2 heterocycles. The molecule has 3 rings (SSSR count). The van der Waals surface area contributed by atoms with Crippen molar-refractivity contribution >= 4 is 11.2 Å². The minimum atomic E-state index is 0.254. The molecule has 0 saturated heterocycles. The number of aromatic nitrogens is 3. The quantitative estimate of drug-likeness (QED) is 0.649. The lowest BCUT2D eigenvalue weighted by molar-refractivity contribution is 0.475. The van der Waals surface area contributed by atoms with E-state index in [0.29, 0.717) is 5.65 Å². The molecule has 16 heavy (non-hydrogen) atoms. The Morgan fingerprint density at radius 1 is 1.00 bits per heavy atom. The SMILES string of the molecule is Oc1ccc(-c2ccc3[nH]cnc3n2)cc1. The van der Waals surface area contributed by atoms with Gasteiger partial charge in [-0.1, -0.05) is 0 Å². The van der Waals surface area contributed by atoms with Gasteiger partial charge in [0.2, 0.25) is 0 Å². The van der Waals surface area contributed by atoms with Crippen LogP contribution in [0.25, 0.3) is 22.4 Å². The molecule has 0 radical (unpaired) electrons. The minimum Gasteiger partial charge on any atom is -0.508 e. The largest absolute Gasteiger partial charge is 0.508 e. The van der Waals surface area contributed by atoms with E-state index in [1.54, 1.807) is 18.5 Å².